The molecule has 0 saturated carbocycles. The van der Waals surface area contributed by atoms with Gasteiger partial charge in [0.15, 0.2) is 6.61 Å². The number of hydrogen-bond donors (Lipinski definition) is 2. The van der Waals surface area contributed by atoms with Gasteiger partial charge in [0.05, 0.1) is 5.56 Å². The molecular formula is C18H20N2O4S2. The summed E-state index contributed by atoms with van der Waals surface area (Å²) in [6.45, 7) is 1.61. The van der Waals surface area contributed by atoms with Gasteiger partial charge in [-0.25, -0.2) is 4.79 Å². The van der Waals surface area contributed by atoms with Crippen LogP contribution in [0.15, 0.2) is 41.8 Å². The van der Waals surface area contributed by atoms with E-state index in [1.807, 2.05) is 11.4 Å². The zero-order valence-corrected chi connectivity index (χ0v) is 16.0. The standard InChI is InChI=1S/C18H20N2O4S2/c1-13(21)20-15-6-4-14(5-7-15)18(23)24-11-17(22)19-8-10-25-12-16-3-2-9-26-16/h2-7,9H,8,10-12H2,1H3,(H,19,22)(H,20,21). The number of anilines is 1. The maximum atomic E-state index is 11.9. The highest BCUT2D eigenvalue weighted by atomic mass is 32.2. The van der Waals surface area contributed by atoms with E-state index in [4.69, 9.17) is 4.74 Å². The molecule has 0 radical (unpaired) electrons. The van der Waals surface area contributed by atoms with E-state index in [0.717, 1.165) is 11.5 Å². The Balaban J connectivity index is 1.61. The molecule has 0 aliphatic heterocycles. The number of esters is 1. The second-order valence-electron chi connectivity index (χ2n) is 5.32. The van der Waals surface area contributed by atoms with Crippen molar-refractivity contribution in [1.29, 1.82) is 0 Å². The van der Waals surface area contributed by atoms with Crippen LogP contribution < -0.4 is 10.6 Å². The van der Waals surface area contributed by atoms with Crippen LogP contribution in [0.3, 0.4) is 0 Å². The fraction of sp³-hybridized carbons (Fsp3) is 0.278. The third kappa shape index (κ3) is 7.28. The van der Waals surface area contributed by atoms with Gasteiger partial charge in [-0.2, -0.15) is 11.8 Å². The van der Waals surface area contributed by atoms with Gasteiger partial charge in [-0.05, 0) is 35.7 Å². The van der Waals surface area contributed by atoms with Crippen LogP contribution >= 0.6 is 23.1 Å². The number of thioether (sulfide) groups is 1. The zero-order valence-electron chi connectivity index (χ0n) is 14.3. The number of nitrogens with one attached hydrogen (secondary N) is 2. The summed E-state index contributed by atoms with van der Waals surface area (Å²) in [6.07, 6.45) is 0. The molecule has 1 aromatic carbocycles. The maximum Gasteiger partial charge on any atom is 0.338 e. The molecule has 2 rings (SSSR count). The van der Waals surface area contributed by atoms with E-state index in [9.17, 15) is 14.4 Å². The molecule has 1 aromatic heterocycles. The third-order valence-corrected chi connectivity index (χ3v) is 5.24. The topological polar surface area (TPSA) is 84.5 Å². The molecule has 0 unspecified atom stereocenters. The number of thiophene rings is 1. The lowest BCUT2D eigenvalue weighted by Crippen LogP contribution is -2.30. The number of hydrogen-bond acceptors (Lipinski definition) is 6. The zero-order chi connectivity index (χ0) is 18.8. The number of amides is 2. The molecule has 2 N–H and O–H groups in total. The highest BCUT2D eigenvalue weighted by Crippen LogP contribution is 2.16. The first-order chi connectivity index (χ1) is 12.5. The molecule has 8 heteroatoms. The Kier molecular flexibility index (Phi) is 8.17. The van der Waals surface area contributed by atoms with E-state index >= 15 is 0 Å². The largest absolute Gasteiger partial charge is 0.452 e. The normalized spacial score (nSPS) is 10.2. The first-order valence-corrected chi connectivity index (χ1v) is 9.99. The predicted molar refractivity (Wildman–Crippen MR) is 105 cm³/mol. The Morgan fingerprint density at radius 1 is 1.15 bits per heavy atom. The molecule has 0 aliphatic rings. The van der Waals surface area contributed by atoms with Crippen LogP contribution in [-0.2, 0) is 20.1 Å². The molecule has 0 fully saturated rings. The van der Waals surface area contributed by atoms with Gasteiger partial charge < -0.3 is 15.4 Å². The fourth-order valence-electron chi connectivity index (χ4n) is 1.99. The van der Waals surface area contributed by atoms with Crippen LogP contribution in [0.25, 0.3) is 0 Å². The van der Waals surface area contributed by atoms with Crippen LogP contribution in [-0.4, -0.2) is 36.7 Å². The molecule has 0 aliphatic carbocycles. The summed E-state index contributed by atoms with van der Waals surface area (Å²) in [6, 6.07) is 10.4. The smallest absolute Gasteiger partial charge is 0.338 e. The molecule has 26 heavy (non-hydrogen) atoms. The first kappa shape index (κ1) is 20.0. The fourth-order valence-corrected chi connectivity index (χ4v) is 3.69. The van der Waals surface area contributed by atoms with E-state index in [2.05, 4.69) is 16.7 Å². The molecule has 138 valence electrons. The molecule has 6 nitrogen and oxygen atoms in total. The van der Waals surface area contributed by atoms with Crippen LogP contribution in [0.1, 0.15) is 22.2 Å². The SMILES string of the molecule is CC(=O)Nc1ccc(C(=O)OCC(=O)NCCSCc2cccs2)cc1. The Hall–Kier alpha value is -2.32. The van der Waals surface area contributed by atoms with E-state index in [1.165, 1.54) is 23.9 Å². The van der Waals surface area contributed by atoms with Crippen molar-refractivity contribution in [2.75, 3.05) is 24.2 Å². The number of rotatable bonds is 9. The van der Waals surface area contributed by atoms with Crippen molar-refractivity contribution in [3.63, 3.8) is 0 Å². The van der Waals surface area contributed by atoms with Crippen molar-refractivity contribution in [1.82, 2.24) is 5.32 Å². The second kappa shape index (κ2) is 10.6. The van der Waals surface area contributed by atoms with Gasteiger partial charge in [-0.3, -0.25) is 9.59 Å². The molecule has 0 atom stereocenters. The molecule has 2 amide bonds. The summed E-state index contributed by atoms with van der Waals surface area (Å²) in [5.41, 5.74) is 0.908. The van der Waals surface area contributed by atoms with Gasteiger partial charge in [-0.1, -0.05) is 6.07 Å². The number of benzene rings is 1. The molecule has 0 spiro atoms. The lowest BCUT2D eigenvalue weighted by atomic mass is 10.2. The third-order valence-electron chi connectivity index (χ3n) is 3.17. The monoisotopic (exact) mass is 392 g/mol. The van der Waals surface area contributed by atoms with E-state index in [0.29, 0.717) is 17.8 Å². The Bertz CT molecular complexity index is 730. The minimum absolute atomic E-state index is 0.189. The second-order valence-corrected chi connectivity index (χ2v) is 7.45. The van der Waals surface area contributed by atoms with Crippen LogP contribution in [0, 0.1) is 0 Å². The highest BCUT2D eigenvalue weighted by Gasteiger charge is 2.10. The molecule has 2 aromatic rings. The lowest BCUT2D eigenvalue weighted by molar-refractivity contribution is -0.124. The maximum absolute atomic E-state index is 11.9. The van der Waals surface area contributed by atoms with Crippen molar-refractivity contribution in [3.8, 4) is 0 Å². The summed E-state index contributed by atoms with van der Waals surface area (Å²) < 4.78 is 4.98. The van der Waals surface area contributed by atoms with Crippen molar-refractivity contribution in [2.45, 2.75) is 12.7 Å². The van der Waals surface area contributed by atoms with Crippen molar-refractivity contribution in [2.24, 2.45) is 0 Å². The minimum atomic E-state index is -0.582. The Morgan fingerprint density at radius 2 is 1.92 bits per heavy atom. The van der Waals surface area contributed by atoms with Gasteiger partial charge in [-0.15, -0.1) is 11.3 Å². The minimum Gasteiger partial charge on any atom is -0.452 e. The number of carbonyl (C=O) groups is 3. The lowest BCUT2D eigenvalue weighted by Gasteiger charge is -2.07. The average Bonchev–Trinajstić information content (AvgIpc) is 3.13. The summed E-state index contributed by atoms with van der Waals surface area (Å²) >= 11 is 3.45. The van der Waals surface area contributed by atoms with E-state index < -0.39 is 5.97 Å². The van der Waals surface area contributed by atoms with Gasteiger partial charge in [0.1, 0.15) is 0 Å². The first-order valence-electron chi connectivity index (χ1n) is 7.96. The van der Waals surface area contributed by atoms with Gasteiger partial charge in [0.2, 0.25) is 5.91 Å². The summed E-state index contributed by atoms with van der Waals surface area (Å²) in [5.74, 6) is 0.622. The average molecular weight is 393 g/mol. The predicted octanol–water partition coefficient (Wildman–Crippen LogP) is 2.91. The van der Waals surface area contributed by atoms with Crippen molar-refractivity contribution < 1.29 is 19.1 Å². The van der Waals surface area contributed by atoms with Crippen LogP contribution in [0.5, 0.6) is 0 Å². The highest BCUT2D eigenvalue weighted by molar-refractivity contribution is 7.98. The summed E-state index contributed by atoms with van der Waals surface area (Å²) in [5, 5.41) is 7.37. The number of carbonyl (C=O) groups excluding carboxylic acids is 3. The summed E-state index contributed by atoms with van der Waals surface area (Å²) in [7, 11) is 0. The molecule has 1 heterocycles. The molecular weight excluding hydrogens is 372 g/mol. The summed E-state index contributed by atoms with van der Waals surface area (Å²) in [4.78, 5) is 35.9. The van der Waals surface area contributed by atoms with Gasteiger partial charge in [0.25, 0.3) is 5.91 Å². The van der Waals surface area contributed by atoms with Crippen LogP contribution in [0.4, 0.5) is 5.69 Å². The van der Waals surface area contributed by atoms with Crippen molar-refractivity contribution >= 4 is 46.6 Å². The Morgan fingerprint density at radius 3 is 2.58 bits per heavy atom. The molecule has 0 bridgehead atoms. The Labute approximate surface area is 160 Å². The van der Waals surface area contributed by atoms with Crippen molar-refractivity contribution in [3.05, 3.63) is 52.2 Å². The van der Waals surface area contributed by atoms with E-state index in [1.54, 1.807) is 35.2 Å². The number of ether oxygens (including phenoxy) is 1. The van der Waals surface area contributed by atoms with Gasteiger partial charge >= 0.3 is 5.97 Å². The quantitative estimate of drug-likeness (QED) is 0.506. The van der Waals surface area contributed by atoms with Crippen LogP contribution in [0.2, 0.25) is 0 Å². The molecule has 0 saturated heterocycles. The van der Waals surface area contributed by atoms with Gasteiger partial charge in [0, 0.05) is 35.5 Å². The van der Waals surface area contributed by atoms with E-state index in [-0.39, 0.29) is 18.4 Å².